The van der Waals surface area contributed by atoms with Gasteiger partial charge in [-0.1, -0.05) is 6.42 Å². The summed E-state index contributed by atoms with van der Waals surface area (Å²) in [5, 5.41) is 2.75. The molecule has 5 heteroatoms. The highest BCUT2D eigenvalue weighted by Gasteiger charge is 2.22. The Hall–Kier alpha value is -1.23. The van der Waals surface area contributed by atoms with Crippen LogP contribution in [-0.2, 0) is 4.79 Å². The van der Waals surface area contributed by atoms with Crippen molar-refractivity contribution in [3.05, 3.63) is 24.0 Å². The molecule has 1 unspecified atom stereocenters. The van der Waals surface area contributed by atoms with Gasteiger partial charge in [0.1, 0.15) is 5.82 Å². The van der Waals surface area contributed by atoms with Gasteiger partial charge in [-0.05, 0) is 36.8 Å². The first-order valence-electron chi connectivity index (χ1n) is 5.64. The summed E-state index contributed by atoms with van der Waals surface area (Å²) in [6.45, 7) is 0. The average Bonchev–Trinajstić information content (AvgIpc) is 2.34. The molecule has 1 amide bonds. The van der Waals surface area contributed by atoms with E-state index >= 15 is 0 Å². The minimum absolute atomic E-state index is 0.00629. The topological polar surface area (TPSA) is 55.1 Å². The molecule has 1 saturated heterocycles. The van der Waals surface area contributed by atoms with Crippen molar-refractivity contribution in [1.82, 2.24) is 0 Å². The lowest BCUT2D eigenvalue weighted by atomic mass is 10.1. The van der Waals surface area contributed by atoms with Gasteiger partial charge in [0.05, 0.1) is 16.6 Å². The van der Waals surface area contributed by atoms with Gasteiger partial charge in [0.2, 0.25) is 5.91 Å². The molecule has 1 aromatic rings. The maximum atomic E-state index is 12.8. The Morgan fingerprint density at radius 3 is 2.94 bits per heavy atom. The Balaban J connectivity index is 2.02. The first-order chi connectivity index (χ1) is 8.16. The molecular weight excluding hydrogens is 239 g/mol. The van der Waals surface area contributed by atoms with Crippen molar-refractivity contribution in [3.63, 3.8) is 0 Å². The molecule has 1 aromatic carbocycles. The van der Waals surface area contributed by atoms with Gasteiger partial charge in [-0.2, -0.15) is 0 Å². The second-order valence-corrected chi connectivity index (χ2v) is 5.39. The zero-order valence-electron chi connectivity index (χ0n) is 9.41. The van der Waals surface area contributed by atoms with Crippen molar-refractivity contribution >= 4 is 29.0 Å². The van der Waals surface area contributed by atoms with Crippen molar-refractivity contribution in [2.24, 2.45) is 0 Å². The molecule has 2 rings (SSSR count). The van der Waals surface area contributed by atoms with E-state index in [1.54, 1.807) is 11.8 Å². The van der Waals surface area contributed by atoms with E-state index in [4.69, 9.17) is 5.73 Å². The third-order valence-electron chi connectivity index (χ3n) is 2.74. The first kappa shape index (κ1) is 12.2. The van der Waals surface area contributed by atoms with Gasteiger partial charge >= 0.3 is 0 Å². The van der Waals surface area contributed by atoms with Gasteiger partial charge < -0.3 is 11.1 Å². The molecule has 1 heterocycles. The van der Waals surface area contributed by atoms with Crippen molar-refractivity contribution < 1.29 is 9.18 Å². The highest BCUT2D eigenvalue weighted by atomic mass is 32.2. The fourth-order valence-electron chi connectivity index (χ4n) is 1.81. The minimum Gasteiger partial charge on any atom is -0.397 e. The van der Waals surface area contributed by atoms with E-state index in [9.17, 15) is 9.18 Å². The summed E-state index contributed by atoms with van der Waals surface area (Å²) >= 11 is 1.67. The van der Waals surface area contributed by atoms with Gasteiger partial charge in [0.15, 0.2) is 0 Å². The number of nitrogens with one attached hydrogen (secondary N) is 1. The molecule has 1 atom stereocenters. The number of nitrogens with two attached hydrogens (primary N) is 1. The first-order valence-corrected chi connectivity index (χ1v) is 6.69. The number of hydrogen-bond acceptors (Lipinski definition) is 3. The number of carbonyl (C=O) groups excluding carboxylic acids is 1. The summed E-state index contributed by atoms with van der Waals surface area (Å²) in [7, 11) is 0. The maximum Gasteiger partial charge on any atom is 0.237 e. The van der Waals surface area contributed by atoms with Crippen LogP contribution in [0.5, 0.6) is 0 Å². The number of hydrogen-bond donors (Lipinski definition) is 2. The van der Waals surface area contributed by atoms with Gasteiger partial charge in [0.25, 0.3) is 0 Å². The maximum absolute atomic E-state index is 12.8. The molecule has 0 spiro atoms. The highest BCUT2D eigenvalue weighted by molar-refractivity contribution is 8.00. The van der Waals surface area contributed by atoms with Gasteiger partial charge in [-0.25, -0.2) is 4.39 Å². The molecule has 0 aromatic heterocycles. The molecule has 0 aliphatic carbocycles. The molecule has 3 nitrogen and oxygen atoms in total. The number of halogens is 1. The number of anilines is 2. The van der Waals surface area contributed by atoms with E-state index < -0.39 is 5.82 Å². The predicted molar refractivity (Wildman–Crippen MR) is 69.5 cm³/mol. The quantitative estimate of drug-likeness (QED) is 0.798. The van der Waals surface area contributed by atoms with Crippen molar-refractivity contribution in [3.8, 4) is 0 Å². The second kappa shape index (κ2) is 5.40. The Kier molecular flexibility index (Phi) is 3.89. The predicted octanol–water partition coefficient (Wildman–Crippen LogP) is 2.63. The normalized spacial score (nSPS) is 19.9. The summed E-state index contributed by atoms with van der Waals surface area (Å²) < 4.78 is 12.8. The largest absolute Gasteiger partial charge is 0.397 e. The molecule has 92 valence electrons. The number of rotatable bonds is 2. The lowest BCUT2D eigenvalue weighted by molar-refractivity contribution is -0.115. The fourth-order valence-corrected chi connectivity index (χ4v) is 3.01. The van der Waals surface area contributed by atoms with Crippen LogP contribution in [0.1, 0.15) is 19.3 Å². The van der Waals surface area contributed by atoms with Gasteiger partial charge in [0, 0.05) is 0 Å². The zero-order valence-corrected chi connectivity index (χ0v) is 10.2. The summed E-state index contributed by atoms with van der Waals surface area (Å²) in [5.41, 5.74) is 6.39. The summed E-state index contributed by atoms with van der Waals surface area (Å²) in [6, 6.07) is 4.00. The third kappa shape index (κ3) is 3.12. The summed E-state index contributed by atoms with van der Waals surface area (Å²) in [6.07, 6.45) is 3.16. The summed E-state index contributed by atoms with van der Waals surface area (Å²) in [5.74, 6) is 0.595. The van der Waals surface area contributed by atoms with E-state index in [-0.39, 0.29) is 16.8 Å². The number of thioether (sulfide) groups is 1. The zero-order chi connectivity index (χ0) is 12.3. The molecule has 1 aliphatic heterocycles. The van der Waals surface area contributed by atoms with E-state index in [1.807, 2.05) is 0 Å². The van der Waals surface area contributed by atoms with Crippen LogP contribution in [0.15, 0.2) is 18.2 Å². The minimum atomic E-state index is -0.396. The van der Waals surface area contributed by atoms with Crippen molar-refractivity contribution in [1.29, 1.82) is 0 Å². The average molecular weight is 254 g/mol. The van der Waals surface area contributed by atoms with Crippen LogP contribution >= 0.6 is 11.8 Å². The molecule has 1 fully saturated rings. The SMILES string of the molecule is Nc1cc(F)ccc1NC(=O)C1CCCCS1. The van der Waals surface area contributed by atoms with Crippen LogP contribution in [0, 0.1) is 5.82 Å². The molecule has 3 N–H and O–H groups in total. The molecular formula is C12H15FN2OS. The number of benzene rings is 1. The Morgan fingerprint density at radius 1 is 1.47 bits per heavy atom. The van der Waals surface area contributed by atoms with Crippen molar-refractivity contribution in [2.75, 3.05) is 16.8 Å². The van der Waals surface area contributed by atoms with Crippen LogP contribution < -0.4 is 11.1 Å². The van der Waals surface area contributed by atoms with Crippen LogP contribution in [0.4, 0.5) is 15.8 Å². The molecule has 0 saturated carbocycles. The lowest BCUT2D eigenvalue weighted by Gasteiger charge is -2.20. The van der Waals surface area contributed by atoms with Crippen LogP contribution in [0.25, 0.3) is 0 Å². The standard InChI is InChI=1S/C12H15FN2OS/c13-8-4-5-10(9(14)7-8)15-12(16)11-3-1-2-6-17-11/h4-5,7,11H,1-3,6,14H2,(H,15,16). The van der Waals surface area contributed by atoms with E-state index in [0.29, 0.717) is 5.69 Å². The molecule has 17 heavy (non-hydrogen) atoms. The van der Waals surface area contributed by atoms with E-state index in [0.717, 1.165) is 18.6 Å². The third-order valence-corrected chi connectivity index (χ3v) is 4.12. The van der Waals surface area contributed by atoms with E-state index in [2.05, 4.69) is 5.32 Å². The van der Waals surface area contributed by atoms with Crippen LogP contribution in [-0.4, -0.2) is 16.9 Å². The van der Waals surface area contributed by atoms with Crippen molar-refractivity contribution in [2.45, 2.75) is 24.5 Å². The van der Waals surface area contributed by atoms with Crippen LogP contribution in [0.3, 0.4) is 0 Å². The van der Waals surface area contributed by atoms with Crippen LogP contribution in [0.2, 0.25) is 0 Å². The van der Waals surface area contributed by atoms with E-state index in [1.165, 1.54) is 24.6 Å². The lowest BCUT2D eigenvalue weighted by Crippen LogP contribution is -2.27. The van der Waals surface area contributed by atoms with Gasteiger partial charge in [-0.15, -0.1) is 11.8 Å². The summed E-state index contributed by atoms with van der Waals surface area (Å²) in [4.78, 5) is 11.9. The number of nitrogen functional groups attached to an aromatic ring is 1. The number of amides is 1. The Labute approximate surface area is 104 Å². The fraction of sp³-hybridized carbons (Fsp3) is 0.417. The molecule has 0 radical (unpaired) electrons. The highest BCUT2D eigenvalue weighted by Crippen LogP contribution is 2.27. The Bertz CT molecular complexity index is 419. The smallest absolute Gasteiger partial charge is 0.237 e. The number of carbonyl (C=O) groups is 1. The monoisotopic (exact) mass is 254 g/mol. The molecule has 1 aliphatic rings. The molecule has 0 bridgehead atoms. The second-order valence-electron chi connectivity index (χ2n) is 4.08. The Morgan fingerprint density at radius 2 is 2.29 bits per heavy atom. The van der Waals surface area contributed by atoms with Gasteiger partial charge in [-0.3, -0.25) is 4.79 Å².